The highest BCUT2D eigenvalue weighted by Gasteiger charge is 2.30. The van der Waals surface area contributed by atoms with E-state index in [-0.39, 0.29) is 17.8 Å². The number of Topliss-reactive ketones (excluding diaryl/α,β-unsaturated/α-hetero) is 1. The number of carbonyl (C=O) groups excluding carboxylic acids is 2. The van der Waals surface area contributed by atoms with E-state index in [0.717, 1.165) is 12.1 Å². The Morgan fingerprint density at radius 3 is 2.30 bits per heavy atom. The summed E-state index contributed by atoms with van der Waals surface area (Å²) in [5.41, 5.74) is 2.01. The van der Waals surface area contributed by atoms with Crippen LogP contribution in [-0.2, 0) is 4.74 Å². The molecule has 0 N–H and O–H groups in total. The van der Waals surface area contributed by atoms with E-state index in [9.17, 15) is 9.59 Å². The van der Waals surface area contributed by atoms with Gasteiger partial charge in [0.25, 0.3) is 0 Å². The first-order chi connectivity index (χ1) is 15.8. The van der Waals surface area contributed by atoms with Crippen molar-refractivity contribution >= 4 is 34.6 Å². The van der Waals surface area contributed by atoms with Crippen molar-refractivity contribution in [3.63, 3.8) is 0 Å². The van der Waals surface area contributed by atoms with E-state index in [1.807, 2.05) is 30.3 Å². The van der Waals surface area contributed by atoms with Gasteiger partial charge in [0.2, 0.25) is 0 Å². The van der Waals surface area contributed by atoms with Crippen LogP contribution in [0, 0.1) is 5.92 Å². The van der Waals surface area contributed by atoms with Crippen molar-refractivity contribution in [2.24, 2.45) is 5.92 Å². The third-order valence-corrected chi connectivity index (χ3v) is 7.87. The number of halogens is 1. The Morgan fingerprint density at radius 2 is 1.73 bits per heavy atom. The van der Waals surface area contributed by atoms with Gasteiger partial charge in [-0.1, -0.05) is 49.4 Å². The zero-order valence-corrected chi connectivity index (χ0v) is 22.2. The molecule has 1 heterocycles. The van der Waals surface area contributed by atoms with Gasteiger partial charge in [0.15, 0.2) is 5.78 Å². The molecular formula is C27H35IN2O3. The highest BCUT2D eigenvalue weighted by atomic mass is 127. The fourth-order valence-corrected chi connectivity index (χ4v) is 5.50. The molecule has 1 saturated heterocycles. The van der Waals surface area contributed by atoms with Gasteiger partial charge in [-0.2, -0.15) is 0 Å². The van der Waals surface area contributed by atoms with Crippen molar-refractivity contribution in [1.29, 1.82) is 0 Å². The van der Waals surface area contributed by atoms with Gasteiger partial charge in [0.05, 0.1) is 11.6 Å². The van der Waals surface area contributed by atoms with E-state index < -0.39 is 6.10 Å². The van der Waals surface area contributed by atoms with Crippen LogP contribution in [0.2, 0.25) is 0 Å². The van der Waals surface area contributed by atoms with Crippen LogP contribution in [0.5, 0.6) is 0 Å². The maximum Gasteiger partial charge on any atom is 0.338 e. The first-order valence-electron chi connectivity index (χ1n) is 11.8. The summed E-state index contributed by atoms with van der Waals surface area (Å²) in [7, 11) is 2.22. The number of carbonyl (C=O) groups is 2. The van der Waals surface area contributed by atoms with Crippen molar-refractivity contribution in [2.75, 3.05) is 20.1 Å². The molecule has 2 aromatic rings. The molecular weight excluding hydrogens is 527 g/mol. The van der Waals surface area contributed by atoms with Crippen LogP contribution in [0.3, 0.4) is 0 Å². The zero-order chi connectivity index (χ0) is 24.0. The average Bonchev–Trinajstić information content (AvgIpc) is 3.21. The third kappa shape index (κ3) is 7.11. The molecule has 3 unspecified atom stereocenters. The van der Waals surface area contributed by atoms with E-state index >= 15 is 0 Å². The highest BCUT2D eigenvalue weighted by Crippen LogP contribution is 2.30. The minimum atomic E-state index is -0.399. The van der Waals surface area contributed by atoms with Crippen molar-refractivity contribution in [1.82, 2.24) is 8.01 Å². The predicted molar refractivity (Wildman–Crippen MR) is 141 cm³/mol. The van der Waals surface area contributed by atoms with Crippen LogP contribution in [-0.4, -0.2) is 52.0 Å². The van der Waals surface area contributed by atoms with Gasteiger partial charge in [-0.05, 0) is 70.3 Å². The lowest BCUT2D eigenvalue weighted by Crippen LogP contribution is -2.36. The molecule has 0 bridgehead atoms. The fraction of sp³-hybridized carbons (Fsp3) is 0.481. The minimum absolute atomic E-state index is 0.00259. The molecule has 0 aromatic heterocycles. The number of hydrogen-bond acceptors (Lipinski definition) is 5. The summed E-state index contributed by atoms with van der Waals surface area (Å²) >= 11 is 2.38. The van der Waals surface area contributed by atoms with Gasteiger partial charge in [-0.3, -0.25) is 4.79 Å². The number of nitrogens with zero attached hydrogens (tertiary/aromatic N) is 2. The van der Waals surface area contributed by atoms with Gasteiger partial charge in [-0.25, -0.2) is 7.91 Å². The smallest absolute Gasteiger partial charge is 0.338 e. The second-order valence-corrected chi connectivity index (χ2v) is 10.5. The Balaban J connectivity index is 1.70. The number of likely N-dealkylation sites (tertiary alicyclic amines) is 1. The number of rotatable bonds is 10. The summed E-state index contributed by atoms with van der Waals surface area (Å²) in [6, 6.07) is 17.3. The molecule has 0 saturated carbocycles. The number of ether oxygens (including phenoxy) is 1. The summed E-state index contributed by atoms with van der Waals surface area (Å²) in [5, 5.41) is 0. The van der Waals surface area contributed by atoms with E-state index in [4.69, 9.17) is 4.74 Å². The molecule has 0 spiro atoms. The molecule has 5 nitrogen and oxygen atoms in total. The Kier molecular flexibility index (Phi) is 9.47. The number of ketones is 1. The van der Waals surface area contributed by atoms with Crippen LogP contribution in [0.25, 0.3) is 0 Å². The maximum atomic E-state index is 13.0. The van der Waals surface area contributed by atoms with Crippen LogP contribution in [0.1, 0.15) is 72.4 Å². The summed E-state index contributed by atoms with van der Waals surface area (Å²) in [5.74, 6) is 0.140. The van der Waals surface area contributed by atoms with Gasteiger partial charge in [0, 0.05) is 41.0 Å². The second kappa shape index (κ2) is 12.1. The van der Waals surface area contributed by atoms with E-state index in [0.29, 0.717) is 23.1 Å². The van der Waals surface area contributed by atoms with Gasteiger partial charge < -0.3 is 9.64 Å². The molecule has 4 atom stereocenters. The van der Waals surface area contributed by atoms with Crippen molar-refractivity contribution in [3.8, 4) is 0 Å². The van der Waals surface area contributed by atoms with E-state index in [1.54, 1.807) is 24.3 Å². The monoisotopic (exact) mass is 562 g/mol. The van der Waals surface area contributed by atoms with Crippen LogP contribution in [0.15, 0.2) is 54.6 Å². The standard InChI is InChI=1S/C27H35IN2O3/c1-19(17-25-11-8-16-29(25)4)18-30(28)20(2)26(23-9-6-5-7-10-23)33-27(32)24-14-12-22(13-15-24)21(3)31/h5-7,9-10,12-15,19-20,25-26H,8,11,16-18H2,1-4H3/t19?,20?,25-,26?/m1/s1. The summed E-state index contributed by atoms with van der Waals surface area (Å²) in [6.45, 7) is 8.07. The lowest BCUT2D eigenvalue weighted by atomic mass is 9.98. The quantitative estimate of drug-likeness (QED) is 0.155. The van der Waals surface area contributed by atoms with Crippen LogP contribution in [0.4, 0.5) is 0 Å². The third-order valence-electron chi connectivity index (χ3n) is 6.60. The fourth-order valence-electron chi connectivity index (χ4n) is 4.54. The van der Waals surface area contributed by atoms with Crippen LogP contribution < -0.4 is 0 Å². The summed E-state index contributed by atoms with van der Waals surface area (Å²) in [4.78, 5) is 27.0. The summed E-state index contributed by atoms with van der Waals surface area (Å²) < 4.78 is 8.34. The van der Waals surface area contributed by atoms with Crippen molar-refractivity contribution < 1.29 is 14.3 Å². The maximum absolute atomic E-state index is 13.0. The number of benzene rings is 2. The van der Waals surface area contributed by atoms with Crippen molar-refractivity contribution in [3.05, 3.63) is 71.3 Å². The first-order valence-corrected chi connectivity index (χ1v) is 12.7. The topological polar surface area (TPSA) is 49.9 Å². The van der Waals surface area contributed by atoms with Gasteiger partial charge in [0.1, 0.15) is 6.10 Å². The Labute approximate surface area is 212 Å². The highest BCUT2D eigenvalue weighted by molar-refractivity contribution is 14.1. The molecule has 1 aliphatic heterocycles. The molecule has 0 radical (unpaired) electrons. The summed E-state index contributed by atoms with van der Waals surface area (Å²) in [6.07, 6.45) is 3.35. The predicted octanol–water partition coefficient (Wildman–Crippen LogP) is 5.95. The average molecular weight is 562 g/mol. The molecule has 0 amide bonds. The molecule has 33 heavy (non-hydrogen) atoms. The SMILES string of the molecule is CC(=O)c1ccc(C(=O)OC(c2ccccc2)C(C)N(I)CC(C)C[C@H]2CCCN2C)cc1. The largest absolute Gasteiger partial charge is 0.452 e. The normalized spacial score (nSPS) is 19.3. The zero-order valence-electron chi connectivity index (χ0n) is 20.0. The molecule has 1 fully saturated rings. The molecule has 178 valence electrons. The van der Waals surface area contributed by atoms with Gasteiger partial charge in [-0.15, -0.1) is 0 Å². The minimum Gasteiger partial charge on any atom is -0.452 e. The Morgan fingerprint density at radius 1 is 1.09 bits per heavy atom. The Bertz CT molecular complexity index is 919. The molecule has 1 aliphatic rings. The molecule has 2 aromatic carbocycles. The van der Waals surface area contributed by atoms with E-state index in [2.05, 4.69) is 51.8 Å². The lowest BCUT2D eigenvalue weighted by molar-refractivity contribution is 0.0143. The molecule has 6 heteroatoms. The number of hydrogen-bond donors (Lipinski definition) is 0. The Hall–Kier alpha value is -1.77. The van der Waals surface area contributed by atoms with Gasteiger partial charge >= 0.3 is 5.97 Å². The molecule has 3 rings (SSSR count). The van der Waals surface area contributed by atoms with E-state index in [1.165, 1.54) is 32.7 Å². The molecule has 0 aliphatic carbocycles. The number of esters is 1. The lowest BCUT2D eigenvalue weighted by Gasteiger charge is -2.33. The first kappa shape index (κ1) is 25.8. The van der Waals surface area contributed by atoms with Crippen molar-refractivity contribution in [2.45, 2.75) is 58.2 Å². The van der Waals surface area contributed by atoms with Crippen LogP contribution >= 0.6 is 22.9 Å². The second-order valence-electron chi connectivity index (χ2n) is 9.31.